The maximum atomic E-state index is 12.1. The van der Waals surface area contributed by atoms with Crippen LogP contribution in [0.25, 0.3) is 0 Å². The molecule has 1 unspecified atom stereocenters. The molecule has 3 nitrogen and oxygen atoms in total. The zero-order chi connectivity index (χ0) is 16.4. The molecule has 23 heavy (non-hydrogen) atoms. The van der Waals surface area contributed by atoms with E-state index in [0.717, 1.165) is 23.1 Å². The maximum Gasteiger partial charge on any atom is 0.334 e. The van der Waals surface area contributed by atoms with E-state index in [0.29, 0.717) is 12.2 Å². The lowest BCUT2D eigenvalue weighted by Gasteiger charge is -2.28. The quantitative estimate of drug-likeness (QED) is 0.634. The Hall–Kier alpha value is -2.39. The smallest absolute Gasteiger partial charge is 0.334 e. The zero-order valence-electron chi connectivity index (χ0n) is 13.5. The molecule has 0 heterocycles. The molecule has 3 rings (SSSR count). The van der Waals surface area contributed by atoms with E-state index in [-0.39, 0.29) is 12.1 Å². The molecule has 1 atom stereocenters. The summed E-state index contributed by atoms with van der Waals surface area (Å²) in [6.45, 7) is 5.92. The molecule has 0 bridgehead atoms. The van der Waals surface area contributed by atoms with Crippen LogP contribution in [0.1, 0.15) is 40.8 Å². The fourth-order valence-electron chi connectivity index (χ4n) is 2.98. The molecule has 1 aliphatic carbocycles. The number of esters is 1. The highest BCUT2D eigenvalue weighted by atomic mass is 16.5. The Balaban J connectivity index is 2.04. The van der Waals surface area contributed by atoms with Crippen LogP contribution in [-0.2, 0) is 27.3 Å². The molecule has 1 aliphatic rings. The average Bonchev–Trinajstić information content (AvgIpc) is 2.54. The van der Waals surface area contributed by atoms with Gasteiger partial charge >= 0.3 is 5.97 Å². The van der Waals surface area contributed by atoms with Gasteiger partial charge in [0.15, 0.2) is 6.10 Å². The number of ether oxygens (including phenoxy) is 2. The summed E-state index contributed by atoms with van der Waals surface area (Å²) in [5.41, 5.74) is 5.99. The standard InChI is InChI=1S/C20H20O3/c1-13(2)20(21)23-19-17-7-5-4-6-15(17)11-16-10-14(12-22-3)8-9-18(16)19/h4-10,19H,1,11-12H2,2-3H3. The molecule has 0 saturated heterocycles. The van der Waals surface area contributed by atoms with Gasteiger partial charge in [0.25, 0.3) is 0 Å². The lowest BCUT2D eigenvalue weighted by atomic mass is 9.83. The minimum atomic E-state index is -0.379. The molecule has 0 amide bonds. The molecule has 0 aromatic heterocycles. The first-order valence-electron chi connectivity index (χ1n) is 7.65. The van der Waals surface area contributed by atoms with Crippen molar-refractivity contribution in [2.45, 2.75) is 26.1 Å². The fourth-order valence-corrected chi connectivity index (χ4v) is 2.98. The van der Waals surface area contributed by atoms with Crippen LogP contribution in [0.15, 0.2) is 54.6 Å². The second-order valence-electron chi connectivity index (χ2n) is 5.91. The summed E-state index contributed by atoms with van der Waals surface area (Å²) in [4.78, 5) is 12.1. The van der Waals surface area contributed by atoms with E-state index in [9.17, 15) is 4.79 Å². The predicted molar refractivity (Wildman–Crippen MR) is 89.2 cm³/mol. The predicted octanol–water partition coefficient (Wildman–Crippen LogP) is 3.95. The lowest BCUT2D eigenvalue weighted by molar-refractivity contribution is -0.142. The van der Waals surface area contributed by atoms with E-state index in [1.165, 1.54) is 11.1 Å². The largest absolute Gasteiger partial charge is 0.449 e. The van der Waals surface area contributed by atoms with Crippen LogP contribution in [0.4, 0.5) is 0 Å². The van der Waals surface area contributed by atoms with E-state index < -0.39 is 0 Å². The average molecular weight is 308 g/mol. The summed E-state index contributed by atoms with van der Waals surface area (Å²) in [5.74, 6) is -0.362. The van der Waals surface area contributed by atoms with E-state index >= 15 is 0 Å². The Kier molecular flexibility index (Phi) is 4.30. The normalized spacial score (nSPS) is 15.5. The Morgan fingerprint density at radius 2 is 1.91 bits per heavy atom. The van der Waals surface area contributed by atoms with Crippen molar-refractivity contribution in [3.05, 3.63) is 82.4 Å². The number of carbonyl (C=O) groups excluding carboxylic acids is 1. The molecule has 0 radical (unpaired) electrons. The Bertz CT molecular complexity index is 761. The number of rotatable bonds is 4. The van der Waals surface area contributed by atoms with Crippen molar-refractivity contribution in [2.75, 3.05) is 7.11 Å². The number of hydrogen-bond donors (Lipinski definition) is 0. The van der Waals surface area contributed by atoms with Gasteiger partial charge in [-0.2, -0.15) is 0 Å². The molecule has 0 spiro atoms. The van der Waals surface area contributed by atoms with Crippen molar-refractivity contribution in [3.63, 3.8) is 0 Å². The molecular weight excluding hydrogens is 288 g/mol. The Labute approximate surface area is 136 Å². The monoisotopic (exact) mass is 308 g/mol. The maximum absolute atomic E-state index is 12.1. The zero-order valence-corrected chi connectivity index (χ0v) is 13.5. The van der Waals surface area contributed by atoms with Gasteiger partial charge in [0, 0.05) is 23.8 Å². The second-order valence-corrected chi connectivity index (χ2v) is 5.91. The van der Waals surface area contributed by atoms with E-state index in [1.54, 1.807) is 14.0 Å². The number of hydrogen-bond acceptors (Lipinski definition) is 3. The fraction of sp³-hybridized carbons (Fsp3) is 0.250. The van der Waals surface area contributed by atoms with Gasteiger partial charge in [-0.15, -0.1) is 0 Å². The van der Waals surface area contributed by atoms with Crippen LogP contribution >= 0.6 is 0 Å². The van der Waals surface area contributed by atoms with Crippen molar-refractivity contribution in [2.24, 2.45) is 0 Å². The van der Waals surface area contributed by atoms with Crippen molar-refractivity contribution < 1.29 is 14.3 Å². The highest BCUT2D eigenvalue weighted by molar-refractivity contribution is 5.87. The third-order valence-corrected chi connectivity index (χ3v) is 4.09. The van der Waals surface area contributed by atoms with Crippen molar-refractivity contribution in [1.29, 1.82) is 0 Å². The summed E-state index contributed by atoms with van der Waals surface area (Å²) in [5, 5.41) is 0. The van der Waals surface area contributed by atoms with Crippen LogP contribution in [0.5, 0.6) is 0 Å². The highest BCUT2D eigenvalue weighted by Crippen LogP contribution is 2.38. The lowest BCUT2D eigenvalue weighted by Crippen LogP contribution is -2.20. The summed E-state index contributed by atoms with van der Waals surface area (Å²) in [7, 11) is 1.69. The summed E-state index contributed by atoms with van der Waals surface area (Å²) in [6, 6.07) is 14.3. The number of carbonyl (C=O) groups is 1. The van der Waals surface area contributed by atoms with Gasteiger partial charge in [0.2, 0.25) is 0 Å². The van der Waals surface area contributed by atoms with Crippen molar-refractivity contribution in [3.8, 4) is 0 Å². The van der Waals surface area contributed by atoms with Crippen molar-refractivity contribution >= 4 is 5.97 Å². The van der Waals surface area contributed by atoms with Crippen molar-refractivity contribution in [1.82, 2.24) is 0 Å². The van der Waals surface area contributed by atoms with E-state index in [2.05, 4.69) is 18.7 Å². The first kappa shape index (κ1) is 15.5. The van der Waals surface area contributed by atoms with Gasteiger partial charge < -0.3 is 9.47 Å². The summed E-state index contributed by atoms with van der Waals surface area (Å²) >= 11 is 0. The molecule has 0 saturated carbocycles. The first-order chi connectivity index (χ1) is 11.1. The highest BCUT2D eigenvalue weighted by Gasteiger charge is 2.28. The van der Waals surface area contributed by atoms with Gasteiger partial charge in [-0.25, -0.2) is 4.79 Å². The third-order valence-electron chi connectivity index (χ3n) is 4.09. The molecular formula is C20H20O3. The molecule has 0 fully saturated rings. The molecule has 2 aromatic rings. The second kappa shape index (κ2) is 6.39. The summed E-state index contributed by atoms with van der Waals surface area (Å²) in [6.07, 6.45) is 0.459. The minimum Gasteiger partial charge on any atom is -0.449 e. The van der Waals surface area contributed by atoms with Crippen LogP contribution in [-0.4, -0.2) is 13.1 Å². The van der Waals surface area contributed by atoms with E-state index in [4.69, 9.17) is 9.47 Å². The third kappa shape index (κ3) is 3.06. The molecule has 2 aromatic carbocycles. The SMILES string of the molecule is C=C(C)C(=O)OC1c2ccccc2Cc2cc(COC)ccc21. The van der Waals surface area contributed by atoms with E-state index in [1.807, 2.05) is 30.3 Å². The van der Waals surface area contributed by atoms with Gasteiger partial charge in [-0.05, 0) is 30.0 Å². The van der Waals surface area contributed by atoms with Crippen LogP contribution in [0.3, 0.4) is 0 Å². The van der Waals surface area contributed by atoms with Crippen LogP contribution in [0.2, 0.25) is 0 Å². The Morgan fingerprint density at radius 3 is 2.65 bits per heavy atom. The van der Waals surface area contributed by atoms with Gasteiger partial charge in [0.1, 0.15) is 0 Å². The number of fused-ring (bicyclic) bond motifs is 2. The number of methoxy groups -OCH3 is 1. The van der Waals surface area contributed by atoms with Gasteiger partial charge in [-0.3, -0.25) is 0 Å². The molecule has 0 N–H and O–H groups in total. The van der Waals surface area contributed by atoms with Gasteiger partial charge in [0.05, 0.1) is 6.61 Å². The molecule has 3 heteroatoms. The Morgan fingerprint density at radius 1 is 1.17 bits per heavy atom. The summed E-state index contributed by atoms with van der Waals surface area (Å²) < 4.78 is 11.0. The van der Waals surface area contributed by atoms with Gasteiger partial charge in [-0.1, -0.05) is 49.0 Å². The van der Waals surface area contributed by atoms with Crippen LogP contribution in [0, 0.1) is 0 Å². The molecule has 0 aliphatic heterocycles. The molecule has 118 valence electrons. The van der Waals surface area contributed by atoms with Crippen LogP contribution < -0.4 is 0 Å². The first-order valence-corrected chi connectivity index (χ1v) is 7.65. The minimum absolute atomic E-state index is 0.362. The number of benzene rings is 2. The topological polar surface area (TPSA) is 35.5 Å².